The number of benzene rings is 1. The molecular weight excluding hydrogens is 278 g/mol. The van der Waals surface area contributed by atoms with Crippen molar-refractivity contribution in [2.24, 2.45) is 0 Å². The predicted octanol–water partition coefficient (Wildman–Crippen LogP) is 3.23. The largest absolute Gasteiger partial charge is 0.306 e. The van der Waals surface area contributed by atoms with Gasteiger partial charge < -0.3 is 5.32 Å². The molecular formula is C17H17N3S. The molecule has 106 valence electrons. The van der Waals surface area contributed by atoms with Gasteiger partial charge in [-0.2, -0.15) is 5.10 Å². The van der Waals surface area contributed by atoms with Crippen LogP contribution >= 0.6 is 11.3 Å². The molecule has 0 radical (unpaired) electrons. The van der Waals surface area contributed by atoms with Crippen molar-refractivity contribution in [3.8, 4) is 0 Å². The highest BCUT2D eigenvalue weighted by Crippen LogP contribution is 2.31. The van der Waals surface area contributed by atoms with E-state index in [2.05, 4.69) is 52.3 Å². The molecule has 1 aromatic carbocycles. The van der Waals surface area contributed by atoms with Gasteiger partial charge in [0.15, 0.2) is 0 Å². The summed E-state index contributed by atoms with van der Waals surface area (Å²) in [5.41, 5.74) is 3.95. The Balaban J connectivity index is 1.58. The Labute approximate surface area is 128 Å². The molecule has 0 saturated heterocycles. The summed E-state index contributed by atoms with van der Waals surface area (Å²) in [7, 11) is 0. The zero-order valence-electron chi connectivity index (χ0n) is 11.7. The van der Waals surface area contributed by atoms with E-state index in [0.29, 0.717) is 6.04 Å². The van der Waals surface area contributed by atoms with Gasteiger partial charge in [0.1, 0.15) is 0 Å². The highest BCUT2D eigenvalue weighted by molar-refractivity contribution is 7.10. The van der Waals surface area contributed by atoms with E-state index in [1.54, 1.807) is 0 Å². The van der Waals surface area contributed by atoms with Crippen LogP contribution in [0, 0.1) is 0 Å². The molecule has 0 spiro atoms. The summed E-state index contributed by atoms with van der Waals surface area (Å²) in [6.07, 6.45) is 5.30. The maximum absolute atomic E-state index is 4.52. The molecule has 0 bridgehead atoms. The van der Waals surface area contributed by atoms with Crippen molar-refractivity contribution in [3.63, 3.8) is 0 Å². The smallest absolute Gasteiger partial charge is 0.0659 e. The SMILES string of the molecule is c1ccc(Cn2cc(C3NCCc4sccc43)cn2)cc1. The van der Waals surface area contributed by atoms with Crippen LogP contribution in [0.4, 0.5) is 0 Å². The summed E-state index contributed by atoms with van der Waals surface area (Å²) >= 11 is 1.87. The normalized spacial score (nSPS) is 17.6. The van der Waals surface area contributed by atoms with E-state index in [0.717, 1.165) is 19.5 Å². The molecule has 4 heteroatoms. The maximum atomic E-state index is 4.52. The minimum atomic E-state index is 0.296. The molecule has 3 aromatic rings. The number of rotatable bonds is 3. The van der Waals surface area contributed by atoms with Crippen molar-refractivity contribution in [3.05, 3.63) is 75.7 Å². The van der Waals surface area contributed by atoms with Gasteiger partial charge in [-0.15, -0.1) is 11.3 Å². The topological polar surface area (TPSA) is 29.9 Å². The lowest BCUT2D eigenvalue weighted by Crippen LogP contribution is -2.29. The number of hydrogen-bond donors (Lipinski definition) is 1. The highest BCUT2D eigenvalue weighted by atomic mass is 32.1. The van der Waals surface area contributed by atoms with Gasteiger partial charge in [0, 0.05) is 23.2 Å². The van der Waals surface area contributed by atoms with E-state index >= 15 is 0 Å². The molecule has 4 rings (SSSR count). The maximum Gasteiger partial charge on any atom is 0.0659 e. The van der Waals surface area contributed by atoms with E-state index < -0.39 is 0 Å². The summed E-state index contributed by atoms with van der Waals surface area (Å²) in [5.74, 6) is 0. The van der Waals surface area contributed by atoms with Crippen LogP contribution in [0.3, 0.4) is 0 Å². The monoisotopic (exact) mass is 295 g/mol. The van der Waals surface area contributed by atoms with Gasteiger partial charge in [-0.3, -0.25) is 4.68 Å². The second-order valence-electron chi connectivity index (χ2n) is 5.39. The first-order valence-corrected chi connectivity index (χ1v) is 8.14. The van der Waals surface area contributed by atoms with E-state index in [9.17, 15) is 0 Å². The fourth-order valence-corrected chi connectivity index (χ4v) is 3.85. The first kappa shape index (κ1) is 12.8. The fraction of sp³-hybridized carbons (Fsp3) is 0.235. The predicted molar refractivity (Wildman–Crippen MR) is 85.6 cm³/mol. The van der Waals surface area contributed by atoms with E-state index in [-0.39, 0.29) is 0 Å². The third-order valence-corrected chi connectivity index (χ3v) is 4.96. The van der Waals surface area contributed by atoms with E-state index in [4.69, 9.17) is 0 Å². The Morgan fingerprint density at radius 3 is 3.05 bits per heavy atom. The number of thiophene rings is 1. The minimum Gasteiger partial charge on any atom is -0.306 e. The van der Waals surface area contributed by atoms with Crippen LogP contribution in [0.5, 0.6) is 0 Å². The third kappa shape index (κ3) is 2.52. The number of aromatic nitrogens is 2. The van der Waals surface area contributed by atoms with Gasteiger partial charge in [-0.1, -0.05) is 30.3 Å². The molecule has 1 aliphatic rings. The van der Waals surface area contributed by atoms with Crippen molar-refractivity contribution in [1.82, 2.24) is 15.1 Å². The van der Waals surface area contributed by atoms with Crippen molar-refractivity contribution >= 4 is 11.3 Å². The minimum absolute atomic E-state index is 0.296. The van der Waals surface area contributed by atoms with Crippen LogP contribution in [0.1, 0.15) is 27.6 Å². The van der Waals surface area contributed by atoms with Gasteiger partial charge >= 0.3 is 0 Å². The zero-order valence-corrected chi connectivity index (χ0v) is 12.5. The van der Waals surface area contributed by atoms with Gasteiger partial charge in [0.2, 0.25) is 0 Å². The third-order valence-electron chi connectivity index (χ3n) is 3.97. The Bertz CT molecular complexity index is 729. The number of nitrogens with zero attached hydrogens (tertiary/aromatic N) is 2. The molecule has 0 aliphatic carbocycles. The van der Waals surface area contributed by atoms with E-state index in [1.807, 2.05) is 28.3 Å². The van der Waals surface area contributed by atoms with Crippen LogP contribution in [0.2, 0.25) is 0 Å². The molecule has 1 atom stereocenters. The summed E-state index contributed by atoms with van der Waals surface area (Å²) in [4.78, 5) is 1.51. The second kappa shape index (κ2) is 5.47. The molecule has 2 aromatic heterocycles. The summed E-state index contributed by atoms with van der Waals surface area (Å²) in [5, 5.41) is 10.3. The molecule has 0 saturated carbocycles. The molecule has 1 aliphatic heterocycles. The lowest BCUT2D eigenvalue weighted by Gasteiger charge is -2.23. The standard InChI is InChI=1S/C17H17N3S/c1-2-4-13(5-3-1)11-20-12-14(10-19-20)17-15-7-9-21-16(15)6-8-18-17/h1-5,7,9-10,12,17-18H,6,8,11H2. The summed E-state index contributed by atoms with van der Waals surface area (Å²) in [6.45, 7) is 1.87. The van der Waals surface area contributed by atoms with Crippen molar-refractivity contribution in [2.75, 3.05) is 6.54 Å². The molecule has 1 unspecified atom stereocenters. The van der Waals surface area contributed by atoms with Crippen LogP contribution in [-0.2, 0) is 13.0 Å². The lowest BCUT2D eigenvalue weighted by atomic mass is 9.98. The Kier molecular flexibility index (Phi) is 3.33. The summed E-state index contributed by atoms with van der Waals surface area (Å²) < 4.78 is 2.02. The molecule has 0 fully saturated rings. The van der Waals surface area contributed by atoms with Crippen molar-refractivity contribution in [2.45, 2.75) is 19.0 Å². The molecule has 3 nitrogen and oxygen atoms in total. The Morgan fingerprint density at radius 1 is 1.24 bits per heavy atom. The molecule has 0 amide bonds. The Morgan fingerprint density at radius 2 is 2.14 bits per heavy atom. The van der Waals surface area contributed by atoms with Gasteiger partial charge in [-0.05, 0) is 29.0 Å². The number of fused-ring (bicyclic) bond motifs is 1. The zero-order chi connectivity index (χ0) is 14.1. The Hall–Kier alpha value is -1.91. The second-order valence-corrected chi connectivity index (χ2v) is 6.39. The molecule has 21 heavy (non-hydrogen) atoms. The summed E-state index contributed by atoms with van der Waals surface area (Å²) in [6, 6.07) is 13.0. The van der Waals surface area contributed by atoms with E-state index in [1.165, 1.54) is 21.6 Å². The molecule has 3 heterocycles. The number of hydrogen-bond acceptors (Lipinski definition) is 3. The average molecular weight is 295 g/mol. The van der Waals surface area contributed by atoms with Gasteiger partial charge in [0.25, 0.3) is 0 Å². The van der Waals surface area contributed by atoms with Crippen LogP contribution in [0.25, 0.3) is 0 Å². The molecule has 1 N–H and O–H groups in total. The van der Waals surface area contributed by atoms with Gasteiger partial charge in [-0.25, -0.2) is 0 Å². The number of nitrogens with one attached hydrogen (secondary N) is 1. The van der Waals surface area contributed by atoms with Gasteiger partial charge in [0.05, 0.1) is 18.8 Å². The first-order chi connectivity index (χ1) is 10.4. The first-order valence-electron chi connectivity index (χ1n) is 7.26. The highest BCUT2D eigenvalue weighted by Gasteiger charge is 2.23. The van der Waals surface area contributed by atoms with Crippen LogP contribution in [0.15, 0.2) is 54.2 Å². The fourth-order valence-electron chi connectivity index (χ4n) is 2.93. The van der Waals surface area contributed by atoms with Crippen molar-refractivity contribution in [1.29, 1.82) is 0 Å². The quantitative estimate of drug-likeness (QED) is 0.804. The van der Waals surface area contributed by atoms with Crippen LogP contribution in [-0.4, -0.2) is 16.3 Å². The van der Waals surface area contributed by atoms with Crippen molar-refractivity contribution < 1.29 is 0 Å². The average Bonchev–Trinajstić information content (AvgIpc) is 3.16. The lowest BCUT2D eigenvalue weighted by molar-refractivity contribution is 0.573. The van der Waals surface area contributed by atoms with Crippen LogP contribution < -0.4 is 5.32 Å².